The number of fused-ring (bicyclic) bond motifs is 2. The Morgan fingerprint density at radius 1 is 0.786 bits per heavy atom. The van der Waals surface area contributed by atoms with Gasteiger partial charge in [-0.1, -0.05) is 81.2 Å². The first kappa shape index (κ1) is 21.9. The number of H-pyrrole nitrogens is 2. The first-order valence-electron chi connectivity index (χ1n) is 7.57. The molecule has 0 aliphatic rings. The molecule has 4 rings (SSSR count). The fourth-order valence-corrected chi connectivity index (χ4v) is 3.47. The molecule has 10 heteroatoms. The highest BCUT2D eigenvalue weighted by atomic mass is 35.6. The van der Waals surface area contributed by atoms with Crippen molar-refractivity contribution in [2.75, 3.05) is 0 Å². The summed E-state index contributed by atoms with van der Waals surface area (Å²) in [5.41, 5.74) is 1.93. The van der Waals surface area contributed by atoms with Gasteiger partial charge in [0.15, 0.2) is 0 Å². The van der Waals surface area contributed by atoms with E-state index in [9.17, 15) is 4.79 Å². The van der Waals surface area contributed by atoms with Crippen LogP contribution in [0.2, 0.25) is 20.1 Å². The maximum atomic E-state index is 11.8. The fourth-order valence-electron chi connectivity index (χ4n) is 2.50. The molecular formula is C18H9Cl7N2O. The zero-order valence-corrected chi connectivity index (χ0v) is 18.9. The summed E-state index contributed by atoms with van der Waals surface area (Å²) in [5.74, 6) is -0.618. The summed E-state index contributed by atoms with van der Waals surface area (Å²) in [5, 5.41) is 3.54. The number of rotatable bonds is 1. The minimum atomic E-state index is -2.00. The summed E-state index contributed by atoms with van der Waals surface area (Å²) >= 11 is 40.0. The van der Waals surface area contributed by atoms with Crippen molar-refractivity contribution in [1.82, 2.24) is 9.97 Å². The molecule has 2 aromatic heterocycles. The van der Waals surface area contributed by atoms with Gasteiger partial charge >= 0.3 is 0 Å². The zero-order valence-electron chi connectivity index (χ0n) is 13.6. The number of aromatic nitrogens is 2. The lowest BCUT2D eigenvalue weighted by Gasteiger charge is -2.08. The zero-order chi connectivity index (χ0) is 20.6. The number of hydrogen-bond donors (Lipinski definition) is 2. The number of ketones is 1. The van der Waals surface area contributed by atoms with E-state index in [1.807, 2.05) is 24.4 Å². The van der Waals surface area contributed by atoms with Gasteiger partial charge < -0.3 is 9.97 Å². The van der Waals surface area contributed by atoms with Crippen LogP contribution in [0.3, 0.4) is 0 Å². The number of hydrogen-bond acceptors (Lipinski definition) is 1. The second kappa shape index (κ2) is 8.53. The van der Waals surface area contributed by atoms with E-state index >= 15 is 0 Å². The number of Topliss-reactive ketones (excluding diaryl/α,β-unsaturated/α-hetero) is 1. The van der Waals surface area contributed by atoms with Crippen molar-refractivity contribution in [3.8, 4) is 0 Å². The highest BCUT2D eigenvalue weighted by Crippen LogP contribution is 2.35. The third-order valence-electron chi connectivity index (χ3n) is 3.82. The van der Waals surface area contributed by atoms with Crippen LogP contribution < -0.4 is 0 Å². The first-order valence-corrected chi connectivity index (χ1v) is 10.2. The molecular weight excluding hydrogens is 508 g/mol. The van der Waals surface area contributed by atoms with E-state index in [-0.39, 0.29) is 5.56 Å². The van der Waals surface area contributed by atoms with Crippen LogP contribution in [0.25, 0.3) is 21.8 Å². The van der Waals surface area contributed by atoms with Gasteiger partial charge in [0.25, 0.3) is 3.79 Å². The minimum Gasteiger partial charge on any atom is -0.361 e. The molecule has 2 N–H and O–H groups in total. The van der Waals surface area contributed by atoms with Crippen LogP contribution in [0, 0.1) is 0 Å². The van der Waals surface area contributed by atoms with Crippen LogP contribution in [0.4, 0.5) is 0 Å². The van der Waals surface area contributed by atoms with Crippen LogP contribution >= 0.6 is 81.2 Å². The molecule has 0 fully saturated rings. The smallest absolute Gasteiger partial charge is 0.253 e. The summed E-state index contributed by atoms with van der Waals surface area (Å²) in [6.07, 6.45) is 3.32. The Hall–Kier alpha value is -0.780. The Morgan fingerprint density at radius 2 is 1.36 bits per heavy atom. The van der Waals surface area contributed by atoms with Gasteiger partial charge in [0, 0.05) is 39.8 Å². The lowest BCUT2D eigenvalue weighted by molar-refractivity contribution is 0.0998. The summed E-state index contributed by atoms with van der Waals surface area (Å²) in [6.45, 7) is 0. The first-order chi connectivity index (χ1) is 13.1. The van der Waals surface area contributed by atoms with Gasteiger partial charge in [-0.15, -0.1) is 0 Å². The number of carbonyl (C=O) groups is 1. The number of aromatic amines is 2. The molecule has 0 saturated carbocycles. The maximum Gasteiger partial charge on any atom is 0.253 e. The molecule has 146 valence electrons. The van der Waals surface area contributed by atoms with E-state index in [0.29, 0.717) is 31.0 Å². The van der Waals surface area contributed by atoms with E-state index < -0.39 is 9.58 Å². The average molecular weight is 517 g/mol. The lowest BCUT2D eigenvalue weighted by atomic mass is 10.1. The molecule has 0 radical (unpaired) electrons. The topological polar surface area (TPSA) is 48.6 Å². The molecule has 0 aliphatic heterocycles. The predicted molar refractivity (Wildman–Crippen MR) is 121 cm³/mol. The third kappa shape index (κ3) is 4.68. The summed E-state index contributed by atoms with van der Waals surface area (Å²) < 4.78 is -2.00. The molecule has 28 heavy (non-hydrogen) atoms. The molecule has 4 aromatic rings. The molecule has 0 saturated heterocycles. The number of benzene rings is 2. The number of carbonyl (C=O) groups excluding carboxylic acids is 1. The molecule has 0 unspecified atom stereocenters. The van der Waals surface area contributed by atoms with Crippen molar-refractivity contribution in [2.45, 2.75) is 3.79 Å². The van der Waals surface area contributed by atoms with Gasteiger partial charge in [-0.25, -0.2) is 0 Å². The molecule has 2 aromatic carbocycles. The number of nitrogens with one attached hydrogen (secondary N) is 2. The van der Waals surface area contributed by atoms with Gasteiger partial charge in [0.1, 0.15) is 0 Å². The van der Waals surface area contributed by atoms with Crippen molar-refractivity contribution in [3.63, 3.8) is 0 Å². The van der Waals surface area contributed by atoms with Crippen LogP contribution in [-0.2, 0) is 0 Å². The molecule has 0 bridgehead atoms. The Balaban J connectivity index is 0.000000176. The minimum absolute atomic E-state index is 0.263. The highest BCUT2D eigenvalue weighted by Gasteiger charge is 2.33. The van der Waals surface area contributed by atoms with E-state index in [1.54, 1.807) is 12.1 Å². The Labute approximate surface area is 194 Å². The maximum absolute atomic E-state index is 11.8. The number of halogens is 7. The van der Waals surface area contributed by atoms with Gasteiger partial charge in [0.05, 0.1) is 20.1 Å². The monoisotopic (exact) mass is 514 g/mol. The van der Waals surface area contributed by atoms with Gasteiger partial charge in [0.2, 0.25) is 5.78 Å². The van der Waals surface area contributed by atoms with Gasteiger partial charge in [-0.3, -0.25) is 4.79 Å². The van der Waals surface area contributed by atoms with E-state index in [0.717, 1.165) is 10.9 Å². The van der Waals surface area contributed by atoms with Crippen molar-refractivity contribution in [1.29, 1.82) is 0 Å². The normalized spacial score (nSPS) is 11.5. The Kier molecular flexibility index (Phi) is 6.68. The lowest BCUT2D eigenvalue weighted by Crippen LogP contribution is -2.18. The second-order valence-electron chi connectivity index (χ2n) is 5.67. The van der Waals surface area contributed by atoms with Gasteiger partial charge in [-0.05, 0) is 30.3 Å². The molecule has 0 amide bonds. The van der Waals surface area contributed by atoms with Crippen molar-refractivity contribution >= 4 is 109 Å². The number of alkyl halides is 3. The quantitative estimate of drug-likeness (QED) is 0.193. The molecule has 0 spiro atoms. The van der Waals surface area contributed by atoms with Crippen LogP contribution in [0.15, 0.2) is 42.7 Å². The summed E-state index contributed by atoms with van der Waals surface area (Å²) in [4.78, 5) is 17.8. The SMILES string of the molecule is Clc1cc2cc[nH]c2cc1Cl.O=C(c1c[nH]c2cc(Cl)c(Cl)cc12)C(Cl)(Cl)Cl. The summed E-state index contributed by atoms with van der Waals surface area (Å²) in [6, 6.07) is 8.78. The average Bonchev–Trinajstić information content (AvgIpc) is 3.21. The van der Waals surface area contributed by atoms with Crippen LogP contribution in [0.5, 0.6) is 0 Å². The van der Waals surface area contributed by atoms with Crippen LogP contribution in [-0.4, -0.2) is 19.5 Å². The van der Waals surface area contributed by atoms with E-state index in [2.05, 4.69) is 9.97 Å². The molecule has 0 atom stereocenters. The molecule has 3 nitrogen and oxygen atoms in total. The standard InChI is InChI=1S/C10H4Cl5NO.C8H5Cl2N/c11-6-1-4-5(9(17)10(13,14)15)3-16-8(4)2-7(6)12;9-6-3-5-1-2-11-8(5)4-7(6)10/h1-3,16H;1-4,11H. The van der Waals surface area contributed by atoms with E-state index in [1.165, 1.54) is 6.20 Å². The van der Waals surface area contributed by atoms with Crippen molar-refractivity contribution in [2.24, 2.45) is 0 Å². The fraction of sp³-hybridized carbons (Fsp3) is 0.0556. The van der Waals surface area contributed by atoms with Gasteiger partial charge in [-0.2, -0.15) is 0 Å². The highest BCUT2D eigenvalue weighted by molar-refractivity contribution is 6.77. The van der Waals surface area contributed by atoms with E-state index in [4.69, 9.17) is 81.2 Å². The predicted octanol–water partition coefficient (Wildman–Crippen LogP) is 8.50. The van der Waals surface area contributed by atoms with Crippen LogP contribution in [0.1, 0.15) is 10.4 Å². The second-order valence-corrected chi connectivity index (χ2v) is 9.58. The molecule has 2 heterocycles. The Bertz CT molecular complexity index is 1140. The van der Waals surface area contributed by atoms with Crippen molar-refractivity contribution < 1.29 is 4.79 Å². The summed E-state index contributed by atoms with van der Waals surface area (Å²) in [7, 11) is 0. The van der Waals surface area contributed by atoms with Crippen molar-refractivity contribution in [3.05, 3.63) is 68.4 Å². The molecule has 0 aliphatic carbocycles. The Morgan fingerprint density at radius 3 is 2.00 bits per heavy atom. The third-order valence-corrected chi connectivity index (χ3v) is 5.78. The largest absolute Gasteiger partial charge is 0.361 e.